The predicted octanol–water partition coefficient (Wildman–Crippen LogP) is 1.54. The number of hydrogen-bond acceptors (Lipinski definition) is 3. The number of nitrogens with one attached hydrogen (secondary N) is 1. The van der Waals surface area contributed by atoms with Gasteiger partial charge in [-0.15, -0.1) is 0 Å². The summed E-state index contributed by atoms with van der Waals surface area (Å²) in [5.41, 5.74) is 3.86. The fourth-order valence-electron chi connectivity index (χ4n) is 3.44. The van der Waals surface area contributed by atoms with E-state index in [2.05, 4.69) is 9.82 Å². The summed E-state index contributed by atoms with van der Waals surface area (Å²) < 4.78 is 43.3. The molecule has 0 saturated carbocycles. The Hall–Kier alpha value is -1.77. The Labute approximate surface area is 140 Å². The average molecular weight is 350 g/mol. The first-order valence-electron chi connectivity index (χ1n) is 8.15. The first-order chi connectivity index (χ1) is 11.5. The van der Waals surface area contributed by atoms with Gasteiger partial charge in [0.2, 0.25) is 0 Å². The van der Waals surface area contributed by atoms with Crippen LogP contribution in [0.4, 0.5) is 4.39 Å². The molecule has 2 aromatic rings. The minimum absolute atomic E-state index is 0.284. The summed E-state index contributed by atoms with van der Waals surface area (Å²) in [5, 5.41) is 4.65. The van der Waals surface area contributed by atoms with E-state index in [0.29, 0.717) is 13.1 Å². The Kier molecular flexibility index (Phi) is 3.90. The van der Waals surface area contributed by atoms with E-state index < -0.39 is 10.2 Å². The molecule has 1 aromatic heterocycles. The van der Waals surface area contributed by atoms with Gasteiger partial charge in [0.05, 0.1) is 17.9 Å². The zero-order chi connectivity index (χ0) is 16.7. The van der Waals surface area contributed by atoms with E-state index in [-0.39, 0.29) is 12.4 Å². The molecule has 4 rings (SSSR count). The third-order valence-electron chi connectivity index (χ3n) is 4.62. The van der Waals surface area contributed by atoms with Gasteiger partial charge in [0.15, 0.2) is 0 Å². The Balaban J connectivity index is 1.70. The molecule has 1 N–H and O–H groups in total. The van der Waals surface area contributed by atoms with Crippen LogP contribution < -0.4 is 4.72 Å². The van der Waals surface area contributed by atoms with Gasteiger partial charge in [-0.2, -0.15) is 17.8 Å². The van der Waals surface area contributed by atoms with E-state index in [1.54, 1.807) is 12.1 Å². The zero-order valence-corrected chi connectivity index (χ0v) is 14.0. The lowest BCUT2D eigenvalue weighted by Gasteiger charge is -2.26. The molecule has 0 atom stereocenters. The van der Waals surface area contributed by atoms with Crippen LogP contribution >= 0.6 is 0 Å². The lowest BCUT2D eigenvalue weighted by molar-refractivity contribution is 0.364. The van der Waals surface area contributed by atoms with Crippen molar-refractivity contribution < 1.29 is 12.8 Å². The Morgan fingerprint density at radius 2 is 1.96 bits per heavy atom. The van der Waals surface area contributed by atoms with Crippen LogP contribution in [0.3, 0.4) is 0 Å². The van der Waals surface area contributed by atoms with Crippen molar-refractivity contribution in [2.75, 3.05) is 13.1 Å². The highest BCUT2D eigenvalue weighted by Crippen LogP contribution is 2.29. The van der Waals surface area contributed by atoms with Crippen LogP contribution in [0.2, 0.25) is 0 Å². The van der Waals surface area contributed by atoms with Gasteiger partial charge in [0.25, 0.3) is 10.2 Å². The minimum Gasteiger partial charge on any atom is -0.237 e. The molecule has 6 nitrogen and oxygen atoms in total. The maximum Gasteiger partial charge on any atom is 0.279 e. The summed E-state index contributed by atoms with van der Waals surface area (Å²) in [6, 6.07) is 6.22. The highest BCUT2D eigenvalue weighted by atomic mass is 32.2. The largest absolute Gasteiger partial charge is 0.279 e. The normalized spacial score (nSPS) is 20.2. The van der Waals surface area contributed by atoms with Crippen LogP contribution in [0.15, 0.2) is 24.3 Å². The third-order valence-corrected chi connectivity index (χ3v) is 6.18. The van der Waals surface area contributed by atoms with Gasteiger partial charge >= 0.3 is 0 Å². The van der Waals surface area contributed by atoms with Crippen LogP contribution in [-0.2, 0) is 29.6 Å². The van der Waals surface area contributed by atoms with Gasteiger partial charge in [0.1, 0.15) is 5.82 Å². The predicted molar refractivity (Wildman–Crippen MR) is 87.5 cm³/mol. The smallest absolute Gasteiger partial charge is 0.237 e. The maximum absolute atomic E-state index is 13.2. The Morgan fingerprint density at radius 3 is 2.71 bits per heavy atom. The van der Waals surface area contributed by atoms with Crippen molar-refractivity contribution in [3.8, 4) is 5.69 Å². The number of nitrogens with zero attached hydrogens (tertiary/aromatic N) is 3. The topological polar surface area (TPSA) is 67.2 Å². The van der Waals surface area contributed by atoms with Crippen molar-refractivity contribution in [2.24, 2.45) is 0 Å². The van der Waals surface area contributed by atoms with E-state index in [9.17, 15) is 12.8 Å². The van der Waals surface area contributed by atoms with Gasteiger partial charge in [-0.1, -0.05) is 0 Å². The quantitative estimate of drug-likeness (QED) is 0.913. The average Bonchev–Trinajstić information content (AvgIpc) is 3.14. The van der Waals surface area contributed by atoms with Crippen molar-refractivity contribution >= 4 is 10.2 Å². The lowest BCUT2D eigenvalue weighted by Crippen LogP contribution is -2.46. The summed E-state index contributed by atoms with van der Waals surface area (Å²) >= 11 is 0. The van der Waals surface area contributed by atoms with Crippen LogP contribution in [0.5, 0.6) is 0 Å². The van der Waals surface area contributed by atoms with Crippen molar-refractivity contribution in [3.05, 3.63) is 47.0 Å². The van der Waals surface area contributed by atoms with Crippen molar-refractivity contribution in [1.82, 2.24) is 18.8 Å². The minimum atomic E-state index is -3.42. The number of halogens is 1. The second kappa shape index (κ2) is 5.94. The van der Waals surface area contributed by atoms with Crippen LogP contribution in [0, 0.1) is 5.82 Å². The summed E-state index contributed by atoms with van der Waals surface area (Å²) in [7, 11) is -3.42. The van der Waals surface area contributed by atoms with Crippen molar-refractivity contribution in [2.45, 2.75) is 32.2 Å². The molecular formula is C16H19FN4O2S. The second-order valence-electron chi connectivity index (χ2n) is 6.20. The molecule has 1 fully saturated rings. The number of hydrogen-bond donors (Lipinski definition) is 1. The first kappa shape index (κ1) is 15.7. The molecule has 0 spiro atoms. The fourth-order valence-corrected chi connectivity index (χ4v) is 4.68. The molecule has 1 aliphatic carbocycles. The summed E-state index contributed by atoms with van der Waals surface area (Å²) in [6.07, 6.45) is 3.64. The fraction of sp³-hybridized carbons (Fsp3) is 0.438. The van der Waals surface area contributed by atoms with Gasteiger partial charge in [-0.05, 0) is 55.5 Å². The summed E-state index contributed by atoms with van der Waals surface area (Å²) in [6.45, 7) is 1.28. The lowest BCUT2D eigenvalue weighted by atomic mass is 10.2. The molecular weight excluding hydrogens is 331 g/mol. The van der Waals surface area contributed by atoms with Crippen LogP contribution in [0.25, 0.3) is 5.69 Å². The van der Waals surface area contributed by atoms with E-state index in [0.717, 1.165) is 48.3 Å². The van der Waals surface area contributed by atoms with Gasteiger partial charge in [0, 0.05) is 18.8 Å². The molecule has 0 radical (unpaired) electrons. The Morgan fingerprint density at radius 1 is 1.17 bits per heavy atom. The Bertz CT molecular complexity index is 861. The van der Waals surface area contributed by atoms with E-state index >= 15 is 0 Å². The van der Waals surface area contributed by atoms with E-state index in [1.807, 2.05) is 4.68 Å². The zero-order valence-electron chi connectivity index (χ0n) is 13.2. The highest BCUT2D eigenvalue weighted by Gasteiger charge is 2.30. The van der Waals surface area contributed by atoms with Gasteiger partial charge in [-0.25, -0.2) is 13.8 Å². The molecule has 2 heterocycles. The molecule has 0 bridgehead atoms. The van der Waals surface area contributed by atoms with Crippen LogP contribution in [-0.4, -0.2) is 35.6 Å². The standard InChI is InChI=1S/C16H19FN4O2S/c17-12-5-7-13(8-6-12)21-16-4-1-3-14(16)15(19-21)11-20-10-2-9-18-24(20,22)23/h5-8,18H,1-4,9-11H2. The monoisotopic (exact) mass is 350 g/mol. The molecule has 0 amide bonds. The highest BCUT2D eigenvalue weighted by molar-refractivity contribution is 7.87. The van der Waals surface area contributed by atoms with E-state index in [4.69, 9.17) is 0 Å². The molecule has 24 heavy (non-hydrogen) atoms. The maximum atomic E-state index is 13.2. The molecule has 8 heteroatoms. The molecule has 1 aliphatic heterocycles. The first-order valence-corrected chi connectivity index (χ1v) is 9.59. The molecule has 2 aliphatic rings. The third kappa shape index (κ3) is 2.74. The van der Waals surface area contributed by atoms with E-state index in [1.165, 1.54) is 16.4 Å². The SMILES string of the molecule is O=S1(=O)NCCCN1Cc1nn(-c2ccc(F)cc2)c2c1CCC2. The van der Waals surface area contributed by atoms with Crippen molar-refractivity contribution in [1.29, 1.82) is 0 Å². The molecule has 128 valence electrons. The summed E-state index contributed by atoms with van der Waals surface area (Å²) in [5.74, 6) is -0.284. The molecule has 0 unspecified atom stereocenters. The number of fused-ring (bicyclic) bond motifs is 1. The number of benzene rings is 1. The second-order valence-corrected chi connectivity index (χ2v) is 7.96. The molecule has 1 aromatic carbocycles. The summed E-state index contributed by atoms with van der Waals surface area (Å²) in [4.78, 5) is 0. The van der Waals surface area contributed by atoms with Gasteiger partial charge in [-0.3, -0.25) is 0 Å². The number of aromatic nitrogens is 2. The molecule has 1 saturated heterocycles. The number of rotatable bonds is 3. The van der Waals surface area contributed by atoms with Gasteiger partial charge < -0.3 is 0 Å². The van der Waals surface area contributed by atoms with Crippen molar-refractivity contribution in [3.63, 3.8) is 0 Å². The van der Waals surface area contributed by atoms with Crippen LogP contribution in [0.1, 0.15) is 29.8 Å².